The summed E-state index contributed by atoms with van der Waals surface area (Å²) in [6.45, 7) is 4.67. The van der Waals surface area contributed by atoms with Gasteiger partial charge >= 0.3 is 0 Å². The number of carbonyl (C=O) groups is 1. The first-order chi connectivity index (χ1) is 12.5. The van der Waals surface area contributed by atoms with Crippen LogP contribution in [-0.2, 0) is 14.8 Å². The van der Waals surface area contributed by atoms with Crippen molar-refractivity contribution in [2.45, 2.75) is 20.8 Å². The van der Waals surface area contributed by atoms with E-state index in [0.29, 0.717) is 5.69 Å². The average molecular weight is 391 g/mol. The van der Waals surface area contributed by atoms with Crippen LogP contribution in [0, 0.1) is 30.9 Å². The smallest absolute Gasteiger partial charge is 0.274 e. The van der Waals surface area contributed by atoms with Crippen LogP contribution in [0.1, 0.15) is 16.7 Å². The van der Waals surface area contributed by atoms with Crippen LogP contribution in [0.3, 0.4) is 0 Å². The highest BCUT2D eigenvalue weighted by atomic mass is 32.2. The van der Waals surface area contributed by atoms with Crippen LogP contribution in [-0.4, -0.2) is 32.0 Å². The van der Waals surface area contributed by atoms with Crippen molar-refractivity contribution < 1.29 is 18.1 Å². The fourth-order valence-electron chi connectivity index (χ4n) is 2.65. The van der Waals surface area contributed by atoms with E-state index in [9.17, 15) is 23.3 Å². The van der Waals surface area contributed by atoms with E-state index in [4.69, 9.17) is 0 Å². The molecular formula is C18H21N3O5S. The molecule has 0 saturated carbocycles. The van der Waals surface area contributed by atoms with Gasteiger partial charge in [0, 0.05) is 11.8 Å². The van der Waals surface area contributed by atoms with Gasteiger partial charge in [0.25, 0.3) is 5.69 Å². The van der Waals surface area contributed by atoms with Crippen molar-refractivity contribution >= 4 is 33.0 Å². The standard InChI is InChI=1S/C18H21N3O5S/c1-12-8-9-13(2)15(10-12)19-18(22)11-20(27(4,25)26)16-6-5-7-17(14(16)3)21(23)24/h5-10H,11H2,1-4H3,(H,19,22). The van der Waals surface area contributed by atoms with Crippen LogP contribution in [0.4, 0.5) is 17.1 Å². The van der Waals surface area contributed by atoms with Gasteiger partial charge in [0.15, 0.2) is 0 Å². The molecule has 0 saturated heterocycles. The Morgan fingerprint density at radius 2 is 1.85 bits per heavy atom. The van der Waals surface area contributed by atoms with E-state index in [-0.39, 0.29) is 16.9 Å². The van der Waals surface area contributed by atoms with E-state index in [0.717, 1.165) is 21.7 Å². The molecule has 0 aliphatic carbocycles. The minimum atomic E-state index is -3.84. The van der Waals surface area contributed by atoms with Crippen molar-refractivity contribution in [1.29, 1.82) is 0 Å². The number of carbonyl (C=O) groups excluding carboxylic acids is 1. The number of aryl methyl sites for hydroxylation is 2. The van der Waals surface area contributed by atoms with Gasteiger partial charge in [-0.25, -0.2) is 8.42 Å². The fraction of sp³-hybridized carbons (Fsp3) is 0.278. The summed E-state index contributed by atoms with van der Waals surface area (Å²) in [7, 11) is -3.84. The topological polar surface area (TPSA) is 110 Å². The van der Waals surface area contributed by atoms with Gasteiger partial charge in [0.1, 0.15) is 6.54 Å². The first kappa shape index (κ1) is 20.4. The lowest BCUT2D eigenvalue weighted by Crippen LogP contribution is -2.38. The molecule has 1 N–H and O–H groups in total. The lowest BCUT2D eigenvalue weighted by atomic mass is 10.1. The molecule has 0 aliphatic heterocycles. The Balaban J connectivity index is 2.36. The van der Waals surface area contributed by atoms with Crippen molar-refractivity contribution in [1.82, 2.24) is 0 Å². The van der Waals surface area contributed by atoms with Crippen LogP contribution < -0.4 is 9.62 Å². The Hall–Kier alpha value is -2.94. The van der Waals surface area contributed by atoms with Crippen LogP contribution in [0.5, 0.6) is 0 Å². The second-order valence-corrected chi connectivity index (χ2v) is 8.22. The predicted molar refractivity (Wildman–Crippen MR) is 105 cm³/mol. The molecule has 0 spiro atoms. The van der Waals surface area contributed by atoms with E-state index in [1.165, 1.54) is 25.1 Å². The maximum atomic E-state index is 12.5. The van der Waals surface area contributed by atoms with Gasteiger partial charge in [-0.3, -0.25) is 19.2 Å². The van der Waals surface area contributed by atoms with Gasteiger partial charge < -0.3 is 5.32 Å². The summed E-state index contributed by atoms with van der Waals surface area (Å²) >= 11 is 0. The van der Waals surface area contributed by atoms with Gasteiger partial charge in [0.05, 0.1) is 22.4 Å². The third kappa shape index (κ3) is 4.82. The van der Waals surface area contributed by atoms with Gasteiger partial charge in [-0.15, -0.1) is 0 Å². The second kappa shape index (κ2) is 7.75. The van der Waals surface area contributed by atoms with Gasteiger partial charge in [-0.2, -0.15) is 0 Å². The molecule has 0 heterocycles. The monoisotopic (exact) mass is 391 g/mol. The number of rotatable bonds is 6. The SMILES string of the molecule is Cc1ccc(C)c(NC(=O)CN(c2cccc([N+](=O)[O-])c2C)S(C)(=O)=O)c1. The zero-order valence-corrected chi connectivity index (χ0v) is 16.3. The maximum Gasteiger partial charge on any atom is 0.274 e. The first-order valence-corrected chi connectivity index (χ1v) is 9.94. The molecule has 2 aromatic rings. The van der Waals surface area contributed by atoms with Gasteiger partial charge in [-0.1, -0.05) is 18.2 Å². The van der Waals surface area contributed by atoms with Gasteiger partial charge in [-0.05, 0) is 44.0 Å². The van der Waals surface area contributed by atoms with Crippen LogP contribution in [0.25, 0.3) is 0 Å². The summed E-state index contributed by atoms with van der Waals surface area (Å²) < 4.78 is 25.4. The van der Waals surface area contributed by atoms with E-state index >= 15 is 0 Å². The number of sulfonamides is 1. The van der Waals surface area contributed by atoms with E-state index in [1.54, 1.807) is 6.07 Å². The molecule has 2 aromatic carbocycles. The number of anilines is 2. The van der Waals surface area contributed by atoms with Crippen molar-refractivity contribution in [2.75, 3.05) is 22.4 Å². The number of benzene rings is 2. The molecule has 8 nitrogen and oxygen atoms in total. The summed E-state index contributed by atoms with van der Waals surface area (Å²) in [6, 6.07) is 9.66. The van der Waals surface area contributed by atoms with Crippen LogP contribution in [0.15, 0.2) is 36.4 Å². The van der Waals surface area contributed by atoms with E-state index in [1.807, 2.05) is 26.0 Å². The number of amides is 1. The van der Waals surface area contributed by atoms with Crippen molar-refractivity contribution in [3.8, 4) is 0 Å². The second-order valence-electron chi connectivity index (χ2n) is 6.31. The number of nitro benzene ring substituents is 1. The normalized spacial score (nSPS) is 11.1. The van der Waals surface area contributed by atoms with Crippen molar-refractivity contribution in [2.24, 2.45) is 0 Å². The Morgan fingerprint density at radius 1 is 1.19 bits per heavy atom. The number of nitrogens with zero attached hydrogens (tertiary/aromatic N) is 2. The quantitative estimate of drug-likeness (QED) is 0.601. The molecule has 0 aliphatic rings. The number of nitrogens with one attached hydrogen (secondary N) is 1. The Kier molecular flexibility index (Phi) is 5.85. The molecule has 9 heteroatoms. The average Bonchev–Trinajstić information content (AvgIpc) is 2.55. The Labute approximate surface area is 158 Å². The zero-order chi connectivity index (χ0) is 20.4. The Bertz CT molecular complexity index is 1000. The van der Waals surface area contributed by atoms with E-state index in [2.05, 4.69) is 5.32 Å². The Morgan fingerprint density at radius 3 is 2.44 bits per heavy atom. The maximum absolute atomic E-state index is 12.5. The van der Waals surface area contributed by atoms with Crippen LogP contribution >= 0.6 is 0 Å². The highest BCUT2D eigenvalue weighted by Gasteiger charge is 2.25. The van der Waals surface area contributed by atoms with Gasteiger partial charge in [0.2, 0.25) is 15.9 Å². The summed E-state index contributed by atoms with van der Waals surface area (Å²) in [5.41, 5.74) is 2.44. The highest BCUT2D eigenvalue weighted by Crippen LogP contribution is 2.29. The zero-order valence-electron chi connectivity index (χ0n) is 15.5. The predicted octanol–water partition coefficient (Wildman–Crippen LogP) is 2.92. The largest absolute Gasteiger partial charge is 0.324 e. The summed E-state index contributed by atoms with van der Waals surface area (Å²) in [4.78, 5) is 23.0. The molecule has 0 atom stereocenters. The summed E-state index contributed by atoms with van der Waals surface area (Å²) in [5.74, 6) is -0.542. The molecule has 1 amide bonds. The summed E-state index contributed by atoms with van der Waals surface area (Å²) in [6.07, 6.45) is 0.955. The molecule has 2 rings (SSSR count). The fourth-order valence-corrected chi connectivity index (χ4v) is 3.56. The number of hydrogen-bond acceptors (Lipinski definition) is 5. The minimum absolute atomic E-state index is 0.0998. The number of hydrogen-bond donors (Lipinski definition) is 1. The molecule has 0 bridgehead atoms. The number of nitro groups is 1. The molecular weight excluding hydrogens is 370 g/mol. The molecule has 0 radical (unpaired) electrons. The summed E-state index contributed by atoms with van der Waals surface area (Å²) in [5, 5.41) is 13.8. The lowest BCUT2D eigenvalue weighted by Gasteiger charge is -2.23. The highest BCUT2D eigenvalue weighted by molar-refractivity contribution is 7.92. The molecule has 144 valence electrons. The first-order valence-electron chi connectivity index (χ1n) is 8.09. The van der Waals surface area contributed by atoms with Crippen molar-refractivity contribution in [3.63, 3.8) is 0 Å². The molecule has 0 unspecified atom stereocenters. The lowest BCUT2D eigenvalue weighted by molar-refractivity contribution is -0.385. The molecule has 0 fully saturated rings. The molecule has 27 heavy (non-hydrogen) atoms. The van der Waals surface area contributed by atoms with Crippen LogP contribution in [0.2, 0.25) is 0 Å². The third-order valence-electron chi connectivity index (χ3n) is 4.10. The van der Waals surface area contributed by atoms with Crippen molar-refractivity contribution in [3.05, 3.63) is 63.2 Å². The van der Waals surface area contributed by atoms with E-state index < -0.39 is 27.4 Å². The minimum Gasteiger partial charge on any atom is -0.324 e. The third-order valence-corrected chi connectivity index (χ3v) is 5.22. The molecule has 0 aromatic heterocycles.